The van der Waals surface area contributed by atoms with Crippen LogP contribution < -0.4 is 5.32 Å². The average molecular weight is 372 g/mol. The summed E-state index contributed by atoms with van der Waals surface area (Å²) in [5.41, 5.74) is 1.31. The summed E-state index contributed by atoms with van der Waals surface area (Å²) in [6.07, 6.45) is 1.64. The summed E-state index contributed by atoms with van der Waals surface area (Å²) in [7, 11) is 1.31. The van der Waals surface area contributed by atoms with Crippen LogP contribution in [0.5, 0.6) is 0 Å². The number of hydrogen-bond acceptors (Lipinski definition) is 5. The first-order valence-corrected chi connectivity index (χ1v) is 7.79. The number of amides is 1. The molecule has 0 saturated carbocycles. The Hall–Kier alpha value is -1.67. The van der Waals surface area contributed by atoms with E-state index in [1.165, 1.54) is 18.4 Å². The Morgan fingerprint density at radius 1 is 1.52 bits per heavy atom. The van der Waals surface area contributed by atoms with Crippen molar-refractivity contribution < 1.29 is 14.3 Å². The Balaban J connectivity index is 2.17. The molecular formula is C13H14BrN3O3S. The smallest absolute Gasteiger partial charge is 0.350 e. The van der Waals surface area contributed by atoms with Crippen LogP contribution >= 0.6 is 27.3 Å². The first kappa shape index (κ1) is 15.7. The average Bonchev–Trinajstić information content (AvgIpc) is 3.05. The van der Waals surface area contributed by atoms with Crippen LogP contribution in [-0.4, -0.2) is 28.8 Å². The number of esters is 1. The highest BCUT2D eigenvalue weighted by molar-refractivity contribution is 9.10. The first-order chi connectivity index (χ1) is 9.95. The maximum atomic E-state index is 12.3. The molecule has 0 aliphatic carbocycles. The minimum absolute atomic E-state index is 0.253. The third-order valence-corrected chi connectivity index (χ3v) is 4.70. The van der Waals surface area contributed by atoms with Crippen LogP contribution in [0.15, 0.2) is 22.1 Å². The number of anilines is 1. The van der Waals surface area contributed by atoms with Crippen molar-refractivity contribution in [2.24, 2.45) is 0 Å². The molecule has 2 heterocycles. The van der Waals surface area contributed by atoms with Crippen LogP contribution in [0.1, 0.15) is 28.3 Å². The van der Waals surface area contributed by atoms with Gasteiger partial charge >= 0.3 is 5.97 Å². The molecule has 1 amide bonds. The van der Waals surface area contributed by atoms with Gasteiger partial charge < -0.3 is 10.1 Å². The molecule has 0 radical (unpaired) electrons. The molecule has 0 aliphatic rings. The van der Waals surface area contributed by atoms with Gasteiger partial charge in [0.25, 0.3) is 0 Å². The molecule has 1 atom stereocenters. The molecule has 0 fully saturated rings. The van der Waals surface area contributed by atoms with Crippen LogP contribution in [0, 0.1) is 6.92 Å². The fraction of sp³-hybridized carbons (Fsp3) is 0.308. The zero-order chi connectivity index (χ0) is 15.6. The zero-order valence-electron chi connectivity index (χ0n) is 11.7. The Labute approximate surface area is 134 Å². The van der Waals surface area contributed by atoms with Gasteiger partial charge in [-0.1, -0.05) is 0 Å². The summed E-state index contributed by atoms with van der Waals surface area (Å²) in [6, 6.07) is 1.18. The SMILES string of the molecule is COC(=O)c1sccc1NC(=O)[C@@H](C)n1ncc(Br)c1C. The quantitative estimate of drug-likeness (QED) is 0.838. The number of nitrogens with one attached hydrogen (secondary N) is 1. The van der Waals surface area contributed by atoms with Crippen LogP contribution in [0.4, 0.5) is 5.69 Å². The lowest BCUT2D eigenvalue weighted by Crippen LogP contribution is -2.25. The van der Waals surface area contributed by atoms with E-state index in [4.69, 9.17) is 0 Å². The molecule has 0 saturated heterocycles. The minimum atomic E-state index is -0.498. The number of ether oxygens (including phenoxy) is 1. The highest BCUT2D eigenvalue weighted by Gasteiger charge is 2.21. The second-order valence-electron chi connectivity index (χ2n) is 4.34. The Morgan fingerprint density at radius 2 is 2.24 bits per heavy atom. The molecule has 21 heavy (non-hydrogen) atoms. The summed E-state index contributed by atoms with van der Waals surface area (Å²) in [5, 5.41) is 8.62. The summed E-state index contributed by atoms with van der Waals surface area (Å²) in [6.45, 7) is 3.61. The number of aromatic nitrogens is 2. The zero-order valence-corrected chi connectivity index (χ0v) is 14.1. The predicted molar refractivity (Wildman–Crippen MR) is 83.7 cm³/mol. The van der Waals surface area contributed by atoms with E-state index in [9.17, 15) is 9.59 Å². The lowest BCUT2D eigenvalue weighted by molar-refractivity contribution is -0.119. The number of carbonyl (C=O) groups is 2. The number of thiophene rings is 1. The normalized spacial score (nSPS) is 12.0. The molecule has 0 unspecified atom stereocenters. The number of halogens is 1. The molecule has 0 bridgehead atoms. The fourth-order valence-corrected chi connectivity index (χ4v) is 2.84. The van der Waals surface area contributed by atoms with Crippen molar-refractivity contribution in [3.63, 3.8) is 0 Å². The largest absolute Gasteiger partial charge is 0.465 e. The molecule has 2 aromatic heterocycles. The fourth-order valence-electron chi connectivity index (χ4n) is 1.80. The summed E-state index contributed by atoms with van der Waals surface area (Å²) < 4.78 is 7.14. The maximum absolute atomic E-state index is 12.3. The number of methoxy groups -OCH3 is 1. The molecule has 6 nitrogen and oxygen atoms in total. The van der Waals surface area contributed by atoms with Gasteiger partial charge in [0.05, 0.1) is 29.2 Å². The molecule has 2 aromatic rings. The molecule has 112 valence electrons. The Bertz CT molecular complexity index is 680. The van der Waals surface area contributed by atoms with Gasteiger partial charge in [-0.05, 0) is 41.2 Å². The summed E-state index contributed by atoms with van der Waals surface area (Å²) in [4.78, 5) is 24.3. The second kappa shape index (κ2) is 6.40. The highest BCUT2D eigenvalue weighted by Crippen LogP contribution is 2.25. The summed E-state index contributed by atoms with van der Waals surface area (Å²) in [5.74, 6) is -0.719. The topological polar surface area (TPSA) is 73.2 Å². The minimum Gasteiger partial charge on any atom is -0.465 e. The van der Waals surface area contributed by atoms with Crippen molar-refractivity contribution >= 4 is 44.8 Å². The lowest BCUT2D eigenvalue weighted by Gasteiger charge is -2.14. The van der Waals surface area contributed by atoms with Gasteiger partial charge in [-0.15, -0.1) is 11.3 Å². The van der Waals surface area contributed by atoms with Crippen molar-refractivity contribution in [3.8, 4) is 0 Å². The van der Waals surface area contributed by atoms with Gasteiger partial charge in [0.1, 0.15) is 10.9 Å². The lowest BCUT2D eigenvalue weighted by atomic mass is 10.3. The second-order valence-corrected chi connectivity index (χ2v) is 6.11. The van der Waals surface area contributed by atoms with Gasteiger partial charge in [0, 0.05) is 0 Å². The maximum Gasteiger partial charge on any atom is 0.350 e. The molecule has 1 N–H and O–H groups in total. The van der Waals surface area contributed by atoms with Gasteiger partial charge in [0.15, 0.2) is 0 Å². The van der Waals surface area contributed by atoms with Crippen LogP contribution in [-0.2, 0) is 9.53 Å². The highest BCUT2D eigenvalue weighted by atomic mass is 79.9. The van der Waals surface area contributed by atoms with E-state index >= 15 is 0 Å². The van der Waals surface area contributed by atoms with Gasteiger partial charge in [-0.25, -0.2) is 4.79 Å². The van der Waals surface area contributed by atoms with Crippen LogP contribution in [0.2, 0.25) is 0 Å². The van der Waals surface area contributed by atoms with Crippen LogP contribution in [0.25, 0.3) is 0 Å². The van der Waals surface area contributed by atoms with E-state index in [1.807, 2.05) is 6.92 Å². The summed E-state index contributed by atoms with van der Waals surface area (Å²) >= 11 is 4.58. The van der Waals surface area contributed by atoms with E-state index in [0.717, 1.165) is 10.2 Å². The Kier molecular flexibility index (Phi) is 4.79. The number of nitrogens with zero attached hydrogens (tertiary/aromatic N) is 2. The molecule has 0 aliphatic heterocycles. The van der Waals surface area contributed by atoms with Crippen molar-refractivity contribution in [2.75, 3.05) is 12.4 Å². The van der Waals surface area contributed by atoms with Crippen LogP contribution in [0.3, 0.4) is 0 Å². The number of rotatable bonds is 4. The predicted octanol–water partition coefficient (Wildman–Crippen LogP) is 3.00. The van der Waals surface area contributed by atoms with E-state index in [2.05, 4.69) is 31.1 Å². The van der Waals surface area contributed by atoms with E-state index in [0.29, 0.717) is 10.6 Å². The van der Waals surface area contributed by atoms with Crippen molar-refractivity contribution in [1.29, 1.82) is 0 Å². The van der Waals surface area contributed by atoms with Crippen molar-refractivity contribution in [2.45, 2.75) is 19.9 Å². The standard InChI is InChI=1S/C13H14BrN3O3S/c1-7-9(14)6-15-17(7)8(2)12(18)16-10-4-5-21-11(10)13(19)20-3/h4-6,8H,1-3H3,(H,16,18)/t8-/m1/s1. The van der Waals surface area contributed by atoms with Gasteiger partial charge in [0.2, 0.25) is 5.91 Å². The monoisotopic (exact) mass is 371 g/mol. The third kappa shape index (κ3) is 3.16. The molecule has 0 aromatic carbocycles. The van der Waals surface area contributed by atoms with Crippen molar-refractivity contribution in [3.05, 3.63) is 32.7 Å². The molecular weight excluding hydrogens is 358 g/mol. The van der Waals surface area contributed by atoms with Gasteiger partial charge in [-0.2, -0.15) is 5.10 Å². The number of hydrogen-bond donors (Lipinski definition) is 1. The van der Waals surface area contributed by atoms with Crippen molar-refractivity contribution in [1.82, 2.24) is 9.78 Å². The molecule has 8 heteroatoms. The molecule has 2 rings (SSSR count). The van der Waals surface area contributed by atoms with Gasteiger partial charge in [-0.3, -0.25) is 9.48 Å². The van der Waals surface area contributed by atoms with E-state index < -0.39 is 12.0 Å². The molecule has 0 spiro atoms. The first-order valence-electron chi connectivity index (χ1n) is 6.12. The van der Waals surface area contributed by atoms with E-state index in [1.54, 1.807) is 29.2 Å². The number of carbonyl (C=O) groups excluding carboxylic acids is 2. The third-order valence-electron chi connectivity index (χ3n) is 3.02. The Morgan fingerprint density at radius 3 is 2.81 bits per heavy atom. The van der Waals surface area contributed by atoms with E-state index in [-0.39, 0.29) is 5.91 Å².